The SMILES string of the molecule is CCOC(=O)c1cccc(N=Cc2ccc(O[C@@H](C)C(=O)O)cc2)c1. The van der Waals surface area contributed by atoms with E-state index < -0.39 is 12.1 Å². The third-order valence-electron chi connectivity index (χ3n) is 3.26. The highest BCUT2D eigenvalue weighted by Crippen LogP contribution is 2.17. The predicted molar refractivity (Wildman–Crippen MR) is 93.8 cm³/mol. The number of carbonyl (C=O) groups excluding carboxylic acids is 1. The van der Waals surface area contributed by atoms with Gasteiger partial charge in [0.2, 0.25) is 0 Å². The minimum Gasteiger partial charge on any atom is -0.479 e. The fraction of sp³-hybridized carbons (Fsp3) is 0.211. The first kappa shape index (κ1) is 18.2. The maximum Gasteiger partial charge on any atom is 0.344 e. The number of ether oxygens (including phenoxy) is 2. The normalized spacial score (nSPS) is 11.9. The second-order valence-electron chi connectivity index (χ2n) is 5.20. The van der Waals surface area contributed by atoms with Crippen LogP contribution in [0.4, 0.5) is 5.69 Å². The second-order valence-corrected chi connectivity index (χ2v) is 5.20. The lowest BCUT2D eigenvalue weighted by Gasteiger charge is -2.09. The summed E-state index contributed by atoms with van der Waals surface area (Å²) >= 11 is 0. The number of hydrogen-bond acceptors (Lipinski definition) is 5. The molecule has 0 amide bonds. The maximum absolute atomic E-state index is 11.7. The zero-order chi connectivity index (χ0) is 18.2. The number of aliphatic imine (C=N–C) groups is 1. The van der Waals surface area contributed by atoms with Gasteiger partial charge in [0.15, 0.2) is 6.10 Å². The van der Waals surface area contributed by atoms with Crippen molar-refractivity contribution >= 4 is 23.8 Å². The largest absolute Gasteiger partial charge is 0.479 e. The van der Waals surface area contributed by atoms with Gasteiger partial charge in [0.25, 0.3) is 0 Å². The van der Waals surface area contributed by atoms with E-state index in [9.17, 15) is 9.59 Å². The number of carboxylic acid groups (broad SMARTS) is 1. The minimum atomic E-state index is -1.02. The van der Waals surface area contributed by atoms with Crippen LogP contribution in [0.5, 0.6) is 5.75 Å². The van der Waals surface area contributed by atoms with Crippen LogP contribution >= 0.6 is 0 Å². The van der Waals surface area contributed by atoms with E-state index in [1.54, 1.807) is 61.7 Å². The first-order valence-corrected chi connectivity index (χ1v) is 7.80. The summed E-state index contributed by atoms with van der Waals surface area (Å²) in [5.74, 6) is -0.933. The van der Waals surface area contributed by atoms with Crippen LogP contribution in [-0.2, 0) is 9.53 Å². The summed E-state index contributed by atoms with van der Waals surface area (Å²) in [6, 6.07) is 13.7. The van der Waals surface area contributed by atoms with Gasteiger partial charge in [-0.3, -0.25) is 4.99 Å². The van der Waals surface area contributed by atoms with E-state index in [0.29, 0.717) is 23.6 Å². The van der Waals surface area contributed by atoms with Crippen LogP contribution in [0.3, 0.4) is 0 Å². The molecule has 0 saturated carbocycles. The highest BCUT2D eigenvalue weighted by molar-refractivity contribution is 5.91. The van der Waals surface area contributed by atoms with Crippen LogP contribution < -0.4 is 4.74 Å². The molecule has 0 aromatic heterocycles. The average Bonchev–Trinajstić information content (AvgIpc) is 2.61. The quantitative estimate of drug-likeness (QED) is 0.616. The highest BCUT2D eigenvalue weighted by atomic mass is 16.5. The molecule has 2 rings (SSSR count). The Morgan fingerprint density at radius 2 is 1.92 bits per heavy atom. The van der Waals surface area contributed by atoms with Crippen LogP contribution in [0.1, 0.15) is 29.8 Å². The topological polar surface area (TPSA) is 85.2 Å². The summed E-state index contributed by atoms with van der Waals surface area (Å²) in [6.45, 7) is 3.54. The molecular formula is C19H19NO5. The van der Waals surface area contributed by atoms with E-state index in [1.807, 2.05) is 0 Å². The summed E-state index contributed by atoms with van der Waals surface area (Å²) in [6.07, 6.45) is 0.736. The lowest BCUT2D eigenvalue weighted by molar-refractivity contribution is -0.144. The lowest BCUT2D eigenvalue weighted by Crippen LogP contribution is -2.22. The number of aliphatic carboxylic acids is 1. The van der Waals surface area contributed by atoms with Crippen LogP contribution in [0, 0.1) is 0 Å². The molecule has 25 heavy (non-hydrogen) atoms. The number of nitrogens with zero attached hydrogens (tertiary/aromatic N) is 1. The zero-order valence-electron chi connectivity index (χ0n) is 14.0. The molecule has 0 fully saturated rings. The Morgan fingerprint density at radius 3 is 2.56 bits per heavy atom. The van der Waals surface area contributed by atoms with Gasteiger partial charge in [-0.1, -0.05) is 6.07 Å². The van der Waals surface area contributed by atoms with Crippen LogP contribution in [0.2, 0.25) is 0 Å². The standard InChI is InChI=1S/C19H19NO5/c1-3-24-19(23)15-5-4-6-16(11-15)20-12-14-7-9-17(10-8-14)25-13(2)18(21)22/h4-13H,3H2,1-2H3,(H,21,22)/t13-/m0/s1. The fourth-order valence-electron chi connectivity index (χ4n) is 1.96. The van der Waals surface area contributed by atoms with Crippen LogP contribution in [0.15, 0.2) is 53.5 Å². The van der Waals surface area contributed by atoms with Crippen molar-refractivity contribution in [3.63, 3.8) is 0 Å². The molecule has 0 unspecified atom stereocenters. The molecule has 0 aliphatic rings. The molecule has 0 heterocycles. The number of benzene rings is 2. The van der Waals surface area contributed by atoms with E-state index in [0.717, 1.165) is 5.56 Å². The van der Waals surface area contributed by atoms with Gasteiger partial charge in [0.1, 0.15) is 5.75 Å². The third-order valence-corrected chi connectivity index (χ3v) is 3.26. The van der Waals surface area contributed by atoms with Gasteiger partial charge in [-0.05, 0) is 61.9 Å². The Kier molecular flexibility index (Phi) is 6.28. The third kappa shape index (κ3) is 5.46. The molecule has 0 aliphatic heterocycles. The lowest BCUT2D eigenvalue weighted by atomic mass is 10.2. The number of rotatable bonds is 7. The van der Waals surface area contributed by atoms with Crippen molar-refractivity contribution in [2.24, 2.45) is 4.99 Å². The Morgan fingerprint density at radius 1 is 1.20 bits per heavy atom. The summed E-state index contributed by atoms with van der Waals surface area (Å²) in [7, 11) is 0. The van der Waals surface area contributed by atoms with Crippen molar-refractivity contribution < 1.29 is 24.2 Å². The summed E-state index contributed by atoms with van der Waals surface area (Å²) < 4.78 is 10.2. The molecule has 6 heteroatoms. The molecule has 2 aromatic carbocycles. The number of esters is 1. The predicted octanol–water partition coefficient (Wildman–Crippen LogP) is 3.47. The Balaban J connectivity index is 2.05. The molecule has 1 N–H and O–H groups in total. The van der Waals surface area contributed by atoms with Crippen molar-refractivity contribution in [1.29, 1.82) is 0 Å². The van der Waals surface area contributed by atoms with Crippen molar-refractivity contribution in [1.82, 2.24) is 0 Å². The monoisotopic (exact) mass is 341 g/mol. The molecule has 0 aliphatic carbocycles. The zero-order valence-corrected chi connectivity index (χ0v) is 14.0. The Bertz CT molecular complexity index is 768. The number of carboxylic acids is 1. The van der Waals surface area contributed by atoms with E-state index >= 15 is 0 Å². The van der Waals surface area contributed by atoms with Crippen LogP contribution in [-0.4, -0.2) is 36.0 Å². The number of hydrogen-bond donors (Lipinski definition) is 1. The van der Waals surface area contributed by atoms with Gasteiger partial charge in [-0.15, -0.1) is 0 Å². The molecule has 6 nitrogen and oxygen atoms in total. The smallest absolute Gasteiger partial charge is 0.344 e. The van der Waals surface area contributed by atoms with Crippen molar-refractivity contribution in [3.8, 4) is 5.75 Å². The summed E-state index contributed by atoms with van der Waals surface area (Å²) in [5, 5.41) is 8.82. The number of carbonyl (C=O) groups is 2. The van der Waals surface area contributed by atoms with Gasteiger partial charge in [-0.2, -0.15) is 0 Å². The molecule has 0 radical (unpaired) electrons. The van der Waals surface area contributed by atoms with Gasteiger partial charge in [0, 0.05) is 6.21 Å². The molecular weight excluding hydrogens is 322 g/mol. The second kappa shape index (κ2) is 8.63. The molecule has 1 atom stereocenters. The Labute approximate surface area is 145 Å². The van der Waals surface area contributed by atoms with Gasteiger partial charge in [0.05, 0.1) is 17.9 Å². The molecule has 0 bridgehead atoms. The first-order valence-electron chi connectivity index (χ1n) is 7.80. The van der Waals surface area contributed by atoms with E-state index in [-0.39, 0.29) is 5.97 Å². The van der Waals surface area contributed by atoms with Gasteiger partial charge in [-0.25, -0.2) is 9.59 Å². The molecule has 0 spiro atoms. The van der Waals surface area contributed by atoms with Crippen molar-refractivity contribution in [2.75, 3.05) is 6.61 Å². The summed E-state index contributed by atoms with van der Waals surface area (Å²) in [5.41, 5.74) is 1.89. The highest BCUT2D eigenvalue weighted by Gasteiger charge is 2.11. The van der Waals surface area contributed by atoms with Gasteiger partial charge >= 0.3 is 11.9 Å². The fourth-order valence-corrected chi connectivity index (χ4v) is 1.96. The average molecular weight is 341 g/mol. The Hall–Kier alpha value is -3.15. The van der Waals surface area contributed by atoms with Crippen LogP contribution in [0.25, 0.3) is 0 Å². The molecule has 2 aromatic rings. The first-order chi connectivity index (χ1) is 12.0. The van der Waals surface area contributed by atoms with E-state index in [2.05, 4.69) is 4.99 Å². The molecule has 130 valence electrons. The van der Waals surface area contributed by atoms with E-state index in [1.165, 1.54) is 6.92 Å². The molecule has 0 saturated heterocycles. The van der Waals surface area contributed by atoms with E-state index in [4.69, 9.17) is 14.6 Å². The minimum absolute atomic E-state index is 0.321. The maximum atomic E-state index is 11.7. The van der Waals surface area contributed by atoms with Crippen molar-refractivity contribution in [3.05, 3.63) is 59.7 Å². The van der Waals surface area contributed by atoms with Crippen molar-refractivity contribution in [2.45, 2.75) is 20.0 Å². The summed E-state index contributed by atoms with van der Waals surface area (Å²) in [4.78, 5) is 26.8. The van der Waals surface area contributed by atoms with Gasteiger partial charge < -0.3 is 14.6 Å².